The third-order valence-corrected chi connectivity index (χ3v) is 1.53. The van der Waals surface area contributed by atoms with Crippen LogP contribution in [-0.4, -0.2) is 22.2 Å². The average molecular weight is 181 g/mol. The topological polar surface area (TPSA) is 59.4 Å². The van der Waals surface area contributed by atoms with Gasteiger partial charge in [-0.2, -0.15) is 0 Å². The molecule has 0 bridgehead atoms. The summed E-state index contributed by atoms with van der Waals surface area (Å²) in [6.45, 7) is 3.36. The minimum atomic E-state index is -0.998. The van der Waals surface area contributed by atoms with Crippen LogP contribution in [0.3, 0.4) is 0 Å². The maximum Gasteiger partial charge on any atom is 0.344 e. The monoisotopic (exact) mass is 181 g/mol. The van der Waals surface area contributed by atoms with Crippen molar-refractivity contribution in [1.29, 1.82) is 0 Å². The summed E-state index contributed by atoms with van der Waals surface area (Å²) in [5.74, 6) is -0.664. The molecule has 0 aromatic carbocycles. The maximum atomic E-state index is 10.4. The molecule has 0 saturated heterocycles. The molecule has 0 aliphatic carbocycles. The number of aliphatic carboxylic acids is 1. The number of rotatable bonds is 3. The highest BCUT2D eigenvalue weighted by atomic mass is 16.5. The highest BCUT2D eigenvalue weighted by molar-refractivity contribution is 5.72. The molecular weight excluding hydrogens is 170 g/mol. The van der Waals surface area contributed by atoms with E-state index < -0.39 is 12.1 Å². The van der Waals surface area contributed by atoms with E-state index in [-0.39, 0.29) is 0 Å². The molecular formula is C9H11NO3. The van der Waals surface area contributed by atoms with E-state index in [9.17, 15) is 4.79 Å². The van der Waals surface area contributed by atoms with Crippen LogP contribution in [-0.2, 0) is 4.79 Å². The van der Waals surface area contributed by atoms with Crippen molar-refractivity contribution in [2.45, 2.75) is 20.0 Å². The molecule has 1 aromatic rings. The van der Waals surface area contributed by atoms with Gasteiger partial charge in [0.25, 0.3) is 0 Å². The fourth-order valence-corrected chi connectivity index (χ4v) is 0.755. The van der Waals surface area contributed by atoms with Gasteiger partial charge < -0.3 is 9.84 Å². The third-order valence-electron chi connectivity index (χ3n) is 1.53. The first-order valence-electron chi connectivity index (χ1n) is 3.91. The molecule has 1 rings (SSSR count). The van der Waals surface area contributed by atoms with Crippen LogP contribution in [0.4, 0.5) is 0 Å². The zero-order chi connectivity index (χ0) is 9.84. The summed E-state index contributed by atoms with van der Waals surface area (Å²) in [5, 5.41) is 8.55. The Morgan fingerprint density at radius 3 is 2.77 bits per heavy atom. The van der Waals surface area contributed by atoms with Crippen molar-refractivity contribution < 1.29 is 14.6 Å². The lowest BCUT2D eigenvalue weighted by atomic mass is 10.3. The van der Waals surface area contributed by atoms with Crippen LogP contribution in [0.15, 0.2) is 18.3 Å². The van der Waals surface area contributed by atoms with Crippen LogP contribution >= 0.6 is 0 Å². The molecule has 1 N–H and O–H groups in total. The SMILES string of the molecule is Cc1ccc(OC(C)C(=O)O)nc1. The normalized spacial score (nSPS) is 12.2. The summed E-state index contributed by atoms with van der Waals surface area (Å²) < 4.78 is 5.02. The van der Waals surface area contributed by atoms with Gasteiger partial charge >= 0.3 is 5.97 Å². The summed E-state index contributed by atoms with van der Waals surface area (Å²) >= 11 is 0. The van der Waals surface area contributed by atoms with Crippen LogP contribution in [0.1, 0.15) is 12.5 Å². The number of hydrogen-bond donors (Lipinski definition) is 1. The van der Waals surface area contributed by atoms with Crippen molar-refractivity contribution in [3.8, 4) is 5.88 Å². The van der Waals surface area contributed by atoms with Gasteiger partial charge in [0.15, 0.2) is 6.10 Å². The van der Waals surface area contributed by atoms with E-state index in [1.54, 1.807) is 12.3 Å². The van der Waals surface area contributed by atoms with Gasteiger partial charge in [-0.1, -0.05) is 6.07 Å². The molecule has 0 fully saturated rings. The number of nitrogens with zero attached hydrogens (tertiary/aromatic N) is 1. The predicted molar refractivity (Wildman–Crippen MR) is 46.7 cm³/mol. The molecule has 70 valence electrons. The van der Waals surface area contributed by atoms with Gasteiger partial charge in [0, 0.05) is 12.3 Å². The Labute approximate surface area is 76.2 Å². The van der Waals surface area contributed by atoms with Crippen molar-refractivity contribution in [1.82, 2.24) is 4.98 Å². The van der Waals surface area contributed by atoms with Gasteiger partial charge in [-0.25, -0.2) is 9.78 Å². The Morgan fingerprint density at radius 2 is 2.31 bits per heavy atom. The quantitative estimate of drug-likeness (QED) is 0.762. The summed E-state index contributed by atoms with van der Waals surface area (Å²) in [7, 11) is 0. The van der Waals surface area contributed by atoms with Crippen LogP contribution in [0.2, 0.25) is 0 Å². The Bertz CT molecular complexity index is 294. The first-order valence-corrected chi connectivity index (χ1v) is 3.91. The van der Waals surface area contributed by atoms with E-state index in [2.05, 4.69) is 4.98 Å². The van der Waals surface area contributed by atoms with E-state index in [4.69, 9.17) is 9.84 Å². The van der Waals surface area contributed by atoms with E-state index in [0.717, 1.165) is 5.56 Å². The lowest BCUT2D eigenvalue weighted by molar-refractivity contribution is -0.144. The van der Waals surface area contributed by atoms with Gasteiger partial charge in [0.1, 0.15) is 0 Å². The van der Waals surface area contributed by atoms with Gasteiger partial charge in [-0.3, -0.25) is 0 Å². The highest BCUT2D eigenvalue weighted by Crippen LogP contribution is 2.08. The number of hydrogen-bond acceptors (Lipinski definition) is 3. The van der Waals surface area contributed by atoms with Gasteiger partial charge in [-0.05, 0) is 19.4 Å². The standard InChI is InChI=1S/C9H11NO3/c1-6-3-4-8(10-5-6)13-7(2)9(11)12/h3-5,7H,1-2H3,(H,11,12). The van der Waals surface area contributed by atoms with Crippen molar-refractivity contribution in [2.24, 2.45) is 0 Å². The molecule has 0 aliphatic rings. The second kappa shape index (κ2) is 3.89. The molecule has 0 saturated carbocycles. The third kappa shape index (κ3) is 2.74. The van der Waals surface area contributed by atoms with Gasteiger partial charge in [0.2, 0.25) is 5.88 Å². The fraction of sp³-hybridized carbons (Fsp3) is 0.333. The first-order chi connectivity index (χ1) is 6.09. The number of aromatic nitrogens is 1. The minimum absolute atomic E-state index is 0.334. The smallest absolute Gasteiger partial charge is 0.344 e. The largest absolute Gasteiger partial charge is 0.479 e. The predicted octanol–water partition coefficient (Wildman–Crippen LogP) is 1.24. The first kappa shape index (κ1) is 9.51. The van der Waals surface area contributed by atoms with E-state index >= 15 is 0 Å². The summed E-state index contributed by atoms with van der Waals surface area (Å²) in [5.41, 5.74) is 1.01. The number of pyridine rings is 1. The fourth-order valence-electron chi connectivity index (χ4n) is 0.755. The molecule has 0 aliphatic heterocycles. The van der Waals surface area contributed by atoms with Crippen molar-refractivity contribution >= 4 is 5.97 Å². The van der Waals surface area contributed by atoms with Crippen molar-refractivity contribution in [3.05, 3.63) is 23.9 Å². The Hall–Kier alpha value is -1.58. The second-order valence-corrected chi connectivity index (χ2v) is 2.77. The summed E-state index contributed by atoms with van der Waals surface area (Å²) in [6, 6.07) is 3.46. The number of carboxylic acid groups (broad SMARTS) is 1. The van der Waals surface area contributed by atoms with Gasteiger partial charge in [-0.15, -0.1) is 0 Å². The summed E-state index contributed by atoms with van der Waals surface area (Å²) in [4.78, 5) is 14.3. The van der Waals surface area contributed by atoms with E-state index in [0.29, 0.717) is 5.88 Å². The molecule has 1 unspecified atom stereocenters. The molecule has 13 heavy (non-hydrogen) atoms. The van der Waals surface area contributed by atoms with Crippen molar-refractivity contribution in [3.63, 3.8) is 0 Å². The molecule has 0 amide bonds. The lowest BCUT2D eigenvalue weighted by Crippen LogP contribution is -2.23. The molecule has 1 aromatic heterocycles. The van der Waals surface area contributed by atoms with Crippen LogP contribution in [0.25, 0.3) is 0 Å². The van der Waals surface area contributed by atoms with Crippen LogP contribution in [0.5, 0.6) is 5.88 Å². The molecule has 4 heteroatoms. The maximum absolute atomic E-state index is 10.4. The summed E-state index contributed by atoms with van der Waals surface area (Å²) in [6.07, 6.45) is 0.763. The van der Waals surface area contributed by atoms with Crippen LogP contribution in [0, 0.1) is 6.92 Å². The molecule has 0 radical (unpaired) electrons. The highest BCUT2D eigenvalue weighted by Gasteiger charge is 2.12. The number of carbonyl (C=O) groups is 1. The molecule has 1 atom stereocenters. The average Bonchev–Trinajstić information content (AvgIpc) is 2.08. The Kier molecular flexibility index (Phi) is 2.84. The number of aryl methyl sites for hydroxylation is 1. The molecule has 0 spiro atoms. The number of ether oxygens (including phenoxy) is 1. The molecule has 1 heterocycles. The lowest BCUT2D eigenvalue weighted by Gasteiger charge is -2.08. The van der Waals surface area contributed by atoms with E-state index in [1.165, 1.54) is 6.92 Å². The number of carboxylic acids is 1. The van der Waals surface area contributed by atoms with Gasteiger partial charge in [0.05, 0.1) is 0 Å². The minimum Gasteiger partial charge on any atom is -0.479 e. The zero-order valence-corrected chi connectivity index (χ0v) is 7.52. The Morgan fingerprint density at radius 1 is 1.62 bits per heavy atom. The second-order valence-electron chi connectivity index (χ2n) is 2.77. The van der Waals surface area contributed by atoms with E-state index in [1.807, 2.05) is 13.0 Å². The molecule has 4 nitrogen and oxygen atoms in total. The Balaban J connectivity index is 2.64. The van der Waals surface area contributed by atoms with Crippen molar-refractivity contribution in [2.75, 3.05) is 0 Å². The van der Waals surface area contributed by atoms with Crippen LogP contribution < -0.4 is 4.74 Å². The zero-order valence-electron chi connectivity index (χ0n) is 7.52.